The first-order valence-electron chi connectivity index (χ1n) is 10.5. The number of nitrogens with one attached hydrogen (secondary N) is 2. The van der Waals surface area contributed by atoms with Gasteiger partial charge in [0.25, 0.3) is 0 Å². The van der Waals surface area contributed by atoms with Crippen LogP contribution in [0.1, 0.15) is 24.5 Å². The molecular weight excluding hydrogens is 430 g/mol. The summed E-state index contributed by atoms with van der Waals surface area (Å²) in [4.78, 5) is 16.9. The van der Waals surface area contributed by atoms with Crippen molar-refractivity contribution < 1.29 is 13.2 Å². The Labute approximate surface area is 187 Å². The van der Waals surface area contributed by atoms with Gasteiger partial charge in [0.05, 0.1) is 24.0 Å². The minimum absolute atomic E-state index is 0.0195. The second-order valence-electron chi connectivity index (χ2n) is 8.23. The van der Waals surface area contributed by atoms with Crippen molar-refractivity contribution in [2.75, 3.05) is 16.8 Å². The first-order valence-corrected chi connectivity index (χ1v) is 13.2. The van der Waals surface area contributed by atoms with Crippen LogP contribution in [0.5, 0.6) is 0 Å². The van der Waals surface area contributed by atoms with E-state index in [2.05, 4.69) is 27.8 Å². The molecule has 0 bridgehead atoms. The number of rotatable bonds is 7. The molecule has 2 aromatic carbocycles. The fraction of sp³-hybridized carbons (Fsp3) is 0.391. The highest BCUT2D eigenvalue weighted by molar-refractivity contribution is 8.15. The topological polar surface area (TPSA) is 87.6 Å². The molecule has 8 heteroatoms. The Kier molecular flexibility index (Phi) is 6.67. The Morgan fingerprint density at radius 2 is 1.84 bits per heavy atom. The monoisotopic (exact) mass is 457 g/mol. The van der Waals surface area contributed by atoms with Gasteiger partial charge in [-0.1, -0.05) is 54.2 Å². The number of fused-ring (bicyclic) bond motifs is 1. The second kappa shape index (κ2) is 9.44. The number of hydrogen-bond acceptors (Lipinski definition) is 6. The number of amidine groups is 1. The predicted molar refractivity (Wildman–Crippen MR) is 127 cm³/mol. The lowest BCUT2D eigenvalue weighted by atomic mass is 10.1. The van der Waals surface area contributed by atoms with Crippen molar-refractivity contribution in [1.82, 2.24) is 5.32 Å². The number of aliphatic imine (C=N–C) groups is 1. The normalized spacial score (nSPS) is 22.4. The molecule has 0 radical (unpaired) electrons. The summed E-state index contributed by atoms with van der Waals surface area (Å²) < 4.78 is 23.3. The summed E-state index contributed by atoms with van der Waals surface area (Å²) in [5, 5.41) is 7.13. The van der Waals surface area contributed by atoms with Crippen molar-refractivity contribution in [2.45, 2.75) is 43.5 Å². The van der Waals surface area contributed by atoms with Crippen LogP contribution in [0.2, 0.25) is 0 Å². The number of sulfone groups is 1. The predicted octanol–water partition coefficient (Wildman–Crippen LogP) is 3.05. The van der Waals surface area contributed by atoms with E-state index in [1.165, 1.54) is 17.3 Å². The third-order valence-electron chi connectivity index (χ3n) is 5.50. The van der Waals surface area contributed by atoms with Crippen LogP contribution in [0.4, 0.5) is 5.69 Å². The molecule has 31 heavy (non-hydrogen) atoms. The molecule has 1 saturated heterocycles. The Hall–Kier alpha value is -2.32. The van der Waals surface area contributed by atoms with Crippen LogP contribution in [0.3, 0.4) is 0 Å². The highest BCUT2D eigenvalue weighted by atomic mass is 32.2. The molecule has 164 valence electrons. The lowest BCUT2D eigenvalue weighted by Crippen LogP contribution is -2.34. The Balaban J connectivity index is 1.23. The average molecular weight is 458 g/mol. The van der Waals surface area contributed by atoms with E-state index >= 15 is 0 Å². The summed E-state index contributed by atoms with van der Waals surface area (Å²) in [5.74, 6) is 0.369. The SMILES string of the molecule is CC(CCc1ccccc1)NC(=O)Cc1ccc(NC2=N[C@@H]3CS(=O)(=O)C[C@@H]3S2)cc1. The van der Waals surface area contributed by atoms with Gasteiger partial charge in [-0.25, -0.2) is 8.42 Å². The standard InChI is InChI=1S/C23H27N3O3S2/c1-16(7-8-17-5-3-2-4-6-17)24-22(27)13-18-9-11-19(12-10-18)25-23-26-20-14-31(28,29)15-21(20)30-23/h2-6,9-12,16,20-21H,7-8,13-15H2,1H3,(H,24,27)(H,25,26)/t16?,20-,21+/m1/s1. The van der Waals surface area contributed by atoms with E-state index in [1.54, 1.807) is 0 Å². The minimum Gasteiger partial charge on any atom is -0.353 e. The fourth-order valence-electron chi connectivity index (χ4n) is 3.86. The molecular formula is C23H27N3O3S2. The smallest absolute Gasteiger partial charge is 0.224 e. The minimum atomic E-state index is -2.94. The van der Waals surface area contributed by atoms with Crippen LogP contribution < -0.4 is 10.6 Å². The van der Waals surface area contributed by atoms with Crippen LogP contribution in [-0.2, 0) is 27.5 Å². The maximum Gasteiger partial charge on any atom is 0.224 e. The maximum atomic E-state index is 12.4. The maximum absolute atomic E-state index is 12.4. The summed E-state index contributed by atoms with van der Waals surface area (Å²) in [6.07, 6.45) is 2.19. The van der Waals surface area contributed by atoms with Crippen LogP contribution in [-0.4, -0.2) is 48.3 Å². The zero-order chi connectivity index (χ0) is 21.8. The van der Waals surface area contributed by atoms with Gasteiger partial charge in [-0.3, -0.25) is 9.79 Å². The molecule has 4 rings (SSSR count). The van der Waals surface area contributed by atoms with Gasteiger partial charge in [0.15, 0.2) is 15.0 Å². The fourth-order valence-corrected chi connectivity index (χ4v) is 7.53. The van der Waals surface area contributed by atoms with Crippen LogP contribution in [0.15, 0.2) is 59.6 Å². The summed E-state index contributed by atoms with van der Waals surface area (Å²) >= 11 is 1.50. The quantitative estimate of drug-likeness (QED) is 0.667. The van der Waals surface area contributed by atoms with Gasteiger partial charge in [0, 0.05) is 17.0 Å². The van der Waals surface area contributed by atoms with E-state index in [-0.39, 0.29) is 34.7 Å². The molecule has 2 aromatic rings. The highest BCUT2D eigenvalue weighted by Crippen LogP contribution is 2.34. The molecule has 0 aliphatic carbocycles. The number of amides is 1. The molecule has 0 aromatic heterocycles. The number of benzene rings is 2. The first-order chi connectivity index (χ1) is 14.9. The van der Waals surface area contributed by atoms with Crippen molar-refractivity contribution in [3.05, 3.63) is 65.7 Å². The molecule has 1 unspecified atom stereocenters. The van der Waals surface area contributed by atoms with E-state index in [4.69, 9.17) is 0 Å². The zero-order valence-electron chi connectivity index (χ0n) is 17.5. The summed E-state index contributed by atoms with van der Waals surface area (Å²) in [6, 6.07) is 18.0. The van der Waals surface area contributed by atoms with Crippen LogP contribution >= 0.6 is 11.8 Å². The zero-order valence-corrected chi connectivity index (χ0v) is 19.1. The number of anilines is 1. The second-order valence-corrected chi connectivity index (χ2v) is 11.6. The molecule has 0 spiro atoms. The van der Waals surface area contributed by atoms with Gasteiger partial charge in [-0.2, -0.15) is 0 Å². The molecule has 2 aliphatic heterocycles. The summed E-state index contributed by atoms with van der Waals surface area (Å²) in [5.41, 5.74) is 3.11. The van der Waals surface area contributed by atoms with Crippen molar-refractivity contribution in [1.29, 1.82) is 0 Å². The number of aryl methyl sites for hydroxylation is 1. The van der Waals surface area contributed by atoms with Crippen molar-refractivity contribution in [3.8, 4) is 0 Å². The van der Waals surface area contributed by atoms with E-state index < -0.39 is 9.84 Å². The molecule has 1 amide bonds. The summed E-state index contributed by atoms with van der Waals surface area (Å²) in [7, 11) is -2.94. The van der Waals surface area contributed by atoms with Crippen molar-refractivity contribution >= 4 is 38.4 Å². The molecule has 2 N–H and O–H groups in total. The van der Waals surface area contributed by atoms with Gasteiger partial charge < -0.3 is 10.6 Å². The van der Waals surface area contributed by atoms with Gasteiger partial charge in [0.2, 0.25) is 5.91 Å². The van der Waals surface area contributed by atoms with Crippen LogP contribution in [0.25, 0.3) is 0 Å². The van der Waals surface area contributed by atoms with Crippen molar-refractivity contribution in [3.63, 3.8) is 0 Å². The molecule has 1 fully saturated rings. The Morgan fingerprint density at radius 3 is 2.55 bits per heavy atom. The largest absolute Gasteiger partial charge is 0.353 e. The van der Waals surface area contributed by atoms with Crippen molar-refractivity contribution in [2.24, 2.45) is 4.99 Å². The Bertz CT molecular complexity index is 1050. The van der Waals surface area contributed by atoms with Gasteiger partial charge in [-0.05, 0) is 43.0 Å². The van der Waals surface area contributed by atoms with E-state index in [9.17, 15) is 13.2 Å². The van der Waals surface area contributed by atoms with E-state index in [1.807, 2.05) is 49.4 Å². The van der Waals surface area contributed by atoms with Gasteiger partial charge in [0.1, 0.15) is 0 Å². The molecule has 6 nitrogen and oxygen atoms in total. The van der Waals surface area contributed by atoms with E-state index in [0.717, 1.165) is 29.3 Å². The van der Waals surface area contributed by atoms with Crippen LogP contribution in [0, 0.1) is 0 Å². The average Bonchev–Trinajstić information content (AvgIpc) is 3.21. The number of nitrogens with zero attached hydrogens (tertiary/aromatic N) is 1. The number of thioether (sulfide) groups is 1. The third-order valence-corrected chi connectivity index (χ3v) is 8.65. The Morgan fingerprint density at radius 1 is 1.10 bits per heavy atom. The lowest BCUT2D eigenvalue weighted by molar-refractivity contribution is -0.121. The highest BCUT2D eigenvalue weighted by Gasteiger charge is 2.42. The molecule has 2 aliphatic rings. The lowest BCUT2D eigenvalue weighted by Gasteiger charge is -2.14. The first kappa shape index (κ1) is 21.9. The number of hydrogen-bond donors (Lipinski definition) is 2. The molecule has 3 atom stereocenters. The summed E-state index contributed by atoms with van der Waals surface area (Å²) in [6.45, 7) is 2.04. The third kappa shape index (κ3) is 6.11. The number of carbonyl (C=O) groups is 1. The molecule has 2 heterocycles. The van der Waals surface area contributed by atoms with Gasteiger partial charge >= 0.3 is 0 Å². The number of carbonyl (C=O) groups excluding carboxylic acids is 1. The van der Waals surface area contributed by atoms with Gasteiger partial charge in [-0.15, -0.1) is 0 Å². The van der Waals surface area contributed by atoms with E-state index in [0.29, 0.717) is 6.42 Å². The molecule has 0 saturated carbocycles.